The number of hydrogen-bond donors (Lipinski definition) is 1. The van der Waals surface area contributed by atoms with E-state index in [1.165, 1.54) is 11.0 Å². The summed E-state index contributed by atoms with van der Waals surface area (Å²) in [5.41, 5.74) is 0.584. The minimum Gasteiger partial charge on any atom is -0.480 e. The van der Waals surface area contributed by atoms with Gasteiger partial charge in [0.15, 0.2) is 17.5 Å². The van der Waals surface area contributed by atoms with E-state index < -0.39 is 23.6 Å². The number of carboxylic acid groups (broad SMARTS) is 1. The van der Waals surface area contributed by atoms with E-state index in [9.17, 15) is 23.5 Å². The first kappa shape index (κ1) is 18.0. The normalized spacial score (nSPS) is 16.4. The number of aliphatic carboxylic acids is 1. The first-order valence-electron chi connectivity index (χ1n) is 8.21. The fourth-order valence-corrected chi connectivity index (χ4v) is 3.07. The van der Waals surface area contributed by atoms with Crippen molar-refractivity contribution in [3.05, 3.63) is 47.0 Å². The summed E-state index contributed by atoms with van der Waals surface area (Å²) >= 11 is 0. The number of aryl methyl sites for hydroxylation is 2. The van der Waals surface area contributed by atoms with E-state index in [1.807, 2.05) is 0 Å². The molecule has 7 nitrogen and oxygen atoms in total. The number of benzene rings is 1. The molecule has 1 aliphatic heterocycles. The lowest BCUT2D eigenvalue weighted by Gasteiger charge is -2.33. The van der Waals surface area contributed by atoms with Crippen LogP contribution in [0.4, 0.5) is 8.78 Å². The highest BCUT2D eigenvalue weighted by Gasteiger charge is 2.35. The van der Waals surface area contributed by atoms with Crippen molar-refractivity contribution in [1.29, 1.82) is 0 Å². The van der Waals surface area contributed by atoms with E-state index in [4.69, 9.17) is 0 Å². The van der Waals surface area contributed by atoms with Crippen LogP contribution in [0.3, 0.4) is 0 Å². The molecule has 0 aliphatic carbocycles. The Kier molecular flexibility index (Phi) is 4.97. The summed E-state index contributed by atoms with van der Waals surface area (Å²) < 4.78 is 27.8. The lowest BCUT2D eigenvalue weighted by molar-refractivity contribution is -0.152. The molecule has 1 unspecified atom stereocenters. The van der Waals surface area contributed by atoms with Gasteiger partial charge in [-0.15, -0.1) is 10.2 Å². The molecular formula is C17H18F2N4O3. The quantitative estimate of drug-likeness (QED) is 0.872. The number of fused-ring (bicyclic) bond motifs is 1. The van der Waals surface area contributed by atoms with Crippen molar-refractivity contribution in [3.8, 4) is 0 Å². The van der Waals surface area contributed by atoms with E-state index >= 15 is 0 Å². The van der Waals surface area contributed by atoms with Gasteiger partial charge in [-0.2, -0.15) is 0 Å². The molecule has 0 bridgehead atoms. The minimum atomic E-state index is -1.09. The maximum absolute atomic E-state index is 13.2. The number of aromatic nitrogens is 3. The van der Waals surface area contributed by atoms with Gasteiger partial charge in [-0.25, -0.2) is 13.6 Å². The van der Waals surface area contributed by atoms with Crippen molar-refractivity contribution < 1.29 is 23.5 Å². The summed E-state index contributed by atoms with van der Waals surface area (Å²) in [6.45, 7) is 1.93. The standard InChI is InChI=1S/C17H18F2N4O3/c1-10-20-21-15-9-23(14(17(25)26)8-22(10)15)16(24)4-2-3-11-5-6-12(18)13(19)7-11/h5-7,14H,2-4,8-9H2,1H3,(H,25,26). The number of nitrogens with zero attached hydrogens (tertiary/aromatic N) is 4. The van der Waals surface area contributed by atoms with Gasteiger partial charge in [0.25, 0.3) is 0 Å². The van der Waals surface area contributed by atoms with Crippen molar-refractivity contribution in [1.82, 2.24) is 19.7 Å². The Morgan fingerprint density at radius 3 is 2.73 bits per heavy atom. The monoisotopic (exact) mass is 364 g/mol. The molecule has 2 heterocycles. The smallest absolute Gasteiger partial charge is 0.328 e. The predicted molar refractivity (Wildman–Crippen MR) is 86.0 cm³/mol. The zero-order valence-corrected chi connectivity index (χ0v) is 14.2. The summed E-state index contributed by atoms with van der Waals surface area (Å²) in [7, 11) is 0. The topological polar surface area (TPSA) is 88.3 Å². The fraction of sp³-hybridized carbons (Fsp3) is 0.412. The Balaban J connectivity index is 1.64. The molecule has 9 heteroatoms. The summed E-state index contributed by atoms with van der Waals surface area (Å²) in [4.78, 5) is 25.4. The van der Waals surface area contributed by atoms with Crippen LogP contribution < -0.4 is 0 Å². The Morgan fingerprint density at radius 2 is 2.04 bits per heavy atom. The third-order valence-electron chi connectivity index (χ3n) is 4.50. The first-order chi connectivity index (χ1) is 12.4. The van der Waals surface area contributed by atoms with Crippen LogP contribution >= 0.6 is 0 Å². The maximum Gasteiger partial charge on any atom is 0.328 e. The van der Waals surface area contributed by atoms with Crippen LogP contribution in [0.1, 0.15) is 30.1 Å². The molecular weight excluding hydrogens is 346 g/mol. The number of carbonyl (C=O) groups excluding carboxylic acids is 1. The SMILES string of the molecule is Cc1nnc2n1CC(C(=O)O)N(C(=O)CCCc1ccc(F)c(F)c1)C2. The van der Waals surface area contributed by atoms with Gasteiger partial charge >= 0.3 is 5.97 Å². The number of amides is 1. The zero-order valence-electron chi connectivity index (χ0n) is 14.2. The Hall–Kier alpha value is -2.84. The molecule has 26 heavy (non-hydrogen) atoms. The number of halogens is 2. The third-order valence-corrected chi connectivity index (χ3v) is 4.50. The minimum absolute atomic E-state index is 0.0851. The van der Waals surface area contributed by atoms with Crippen LogP contribution in [-0.2, 0) is 29.1 Å². The second-order valence-electron chi connectivity index (χ2n) is 6.25. The summed E-state index contributed by atoms with van der Waals surface area (Å²) in [5, 5.41) is 17.3. The lowest BCUT2D eigenvalue weighted by Crippen LogP contribution is -2.50. The summed E-state index contributed by atoms with van der Waals surface area (Å²) in [5.74, 6) is -2.08. The van der Waals surface area contributed by atoms with E-state index in [1.54, 1.807) is 11.5 Å². The molecule has 0 fully saturated rings. The molecule has 0 saturated heterocycles. The molecule has 1 aromatic heterocycles. The molecule has 1 atom stereocenters. The molecule has 1 aromatic carbocycles. The van der Waals surface area contributed by atoms with E-state index in [0.717, 1.165) is 12.1 Å². The van der Waals surface area contributed by atoms with Gasteiger partial charge in [-0.05, 0) is 37.5 Å². The van der Waals surface area contributed by atoms with Gasteiger partial charge in [0.2, 0.25) is 5.91 Å². The van der Waals surface area contributed by atoms with Crippen molar-refractivity contribution in [2.75, 3.05) is 0 Å². The van der Waals surface area contributed by atoms with Crippen molar-refractivity contribution in [2.24, 2.45) is 0 Å². The van der Waals surface area contributed by atoms with Crippen molar-refractivity contribution >= 4 is 11.9 Å². The largest absolute Gasteiger partial charge is 0.480 e. The van der Waals surface area contributed by atoms with E-state index in [-0.39, 0.29) is 25.4 Å². The molecule has 1 N–H and O–H groups in total. The van der Waals surface area contributed by atoms with Crippen LogP contribution in [0.5, 0.6) is 0 Å². The number of carbonyl (C=O) groups is 2. The fourth-order valence-electron chi connectivity index (χ4n) is 3.07. The molecule has 0 spiro atoms. The first-order valence-corrected chi connectivity index (χ1v) is 8.21. The molecule has 0 saturated carbocycles. The van der Waals surface area contributed by atoms with Gasteiger partial charge in [0.05, 0.1) is 13.1 Å². The number of rotatable bonds is 5. The second kappa shape index (κ2) is 7.19. The van der Waals surface area contributed by atoms with Gasteiger partial charge in [0.1, 0.15) is 11.9 Å². The van der Waals surface area contributed by atoms with Crippen molar-refractivity contribution in [3.63, 3.8) is 0 Å². The Morgan fingerprint density at radius 1 is 1.27 bits per heavy atom. The molecule has 0 radical (unpaired) electrons. The molecule has 1 amide bonds. The van der Waals surface area contributed by atoms with Gasteiger partial charge in [-0.1, -0.05) is 6.07 Å². The number of hydrogen-bond acceptors (Lipinski definition) is 4. The van der Waals surface area contributed by atoms with Gasteiger partial charge < -0.3 is 14.6 Å². The van der Waals surface area contributed by atoms with Crippen LogP contribution in [0.15, 0.2) is 18.2 Å². The highest BCUT2D eigenvalue weighted by atomic mass is 19.2. The average Bonchev–Trinajstić information content (AvgIpc) is 2.97. The molecule has 1 aliphatic rings. The van der Waals surface area contributed by atoms with E-state index in [0.29, 0.717) is 30.1 Å². The predicted octanol–water partition coefficient (Wildman–Crippen LogP) is 1.68. The Labute approximate surface area is 148 Å². The molecule has 2 aromatic rings. The molecule has 138 valence electrons. The summed E-state index contributed by atoms with van der Waals surface area (Å²) in [6.07, 6.45) is 0.901. The summed E-state index contributed by atoms with van der Waals surface area (Å²) in [6, 6.07) is 2.64. The van der Waals surface area contributed by atoms with Gasteiger partial charge in [0, 0.05) is 6.42 Å². The van der Waals surface area contributed by atoms with Crippen LogP contribution in [-0.4, -0.2) is 42.7 Å². The highest BCUT2D eigenvalue weighted by Crippen LogP contribution is 2.20. The van der Waals surface area contributed by atoms with Crippen molar-refractivity contribution in [2.45, 2.75) is 45.3 Å². The Bertz CT molecular complexity index is 853. The second-order valence-corrected chi connectivity index (χ2v) is 6.25. The van der Waals surface area contributed by atoms with Crippen LogP contribution in [0.2, 0.25) is 0 Å². The van der Waals surface area contributed by atoms with E-state index in [2.05, 4.69) is 10.2 Å². The van der Waals surface area contributed by atoms with Gasteiger partial charge in [-0.3, -0.25) is 4.79 Å². The van der Waals surface area contributed by atoms with Crippen LogP contribution in [0.25, 0.3) is 0 Å². The number of carboxylic acids is 1. The lowest BCUT2D eigenvalue weighted by atomic mass is 10.1. The van der Waals surface area contributed by atoms with Crippen LogP contribution in [0, 0.1) is 18.6 Å². The molecule has 3 rings (SSSR count). The third kappa shape index (κ3) is 3.56. The highest BCUT2D eigenvalue weighted by molar-refractivity contribution is 5.83. The zero-order chi connectivity index (χ0) is 18.8. The maximum atomic E-state index is 13.2. The average molecular weight is 364 g/mol.